The average Bonchev–Trinajstić information content (AvgIpc) is 2.59. The summed E-state index contributed by atoms with van der Waals surface area (Å²) < 4.78 is 13.5. The molecule has 0 bridgehead atoms. The average molecular weight is 318 g/mol. The van der Waals surface area contributed by atoms with Crippen LogP contribution in [-0.4, -0.2) is 18.4 Å². The third-order valence-corrected chi connectivity index (χ3v) is 4.30. The highest BCUT2D eigenvalue weighted by molar-refractivity contribution is 5.81. The predicted octanol–water partition coefficient (Wildman–Crippen LogP) is 2.55. The van der Waals surface area contributed by atoms with Crippen LogP contribution in [0.25, 0.3) is 0 Å². The van der Waals surface area contributed by atoms with Crippen molar-refractivity contribution in [2.45, 2.75) is 32.2 Å². The van der Waals surface area contributed by atoms with E-state index in [1.54, 1.807) is 24.3 Å². The molecule has 1 aromatic rings. The Bertz CT molecular complexity index is 566. The molecule has 0 spiro atoms. The molecular formula is C18H23FN2O2. The number of amides is 2. The second kappa shape index (κ2) is 8.46. The van der Waals surface area contributed by atoms with E-state index in [0.29, 0.717) is 37.8 Å². The Hall–Kier alpha value is -2.17. The van der Waals surface area contributed by atoms with Gasteiger partial charge in [-0.05, 0) is 31.7 Å². The maximum atomic E-state index is 13.5. The highest BCUT2D eigenvalue weighted by atomic mass is 19.1. The summed E-state index contributed by atoms with van der Waals surface area (Å²) in [6.45, 7) is 4.24. The summed E-state index contributed by atoms with van der Waals surface area (Å²) in [4.78, 5) is 24.1. The highest BCUT2D eigenvalue weighted by Gasteiger charge is 2.29. The van der Waals surface area contributed by atoms with Crippen molar-refractivity contribution in [2.24, 2.45) is 11.8 Å². The lowest BCUT2D eigenvalue weighted by atomic mass is 9.81. The fraction of sp³-hybridized carbons (Fsp3) is 0.444. The molecule has 4 nitrogen and oxygen atoms in total. The van der Waals surface area contributed by atoms with E-state index < -0.39 is 0 Å². The molecule has 0 saturated heterocycles. The van der Waals surface area contributed by atoms with Gasteiger partial charge in [-0.15, -0.1) is 6.58 Å². The molecule has 23 heavy (non-hydrogen) atoms. The number of carbonyl (C=O) groups is 2. The fourth-order valence-electron chi connectivity index (χ4n) is 2.90. The molecule has 1 aliphatic carbocycles. The zero-order valence-corrected chi connectivity index (χ0v) is 13.2. The molecule has 0 atom stereocenters. The molecule has 124 valence electrons. The second-order valence-electron chi connectivity index (χ2n) is 5.89. The van der Waals surface area contributed by atoms with Gasteiger partial charge in [0.15, 0.2) is 0 Å². The van der Waals surface area contributed by atoms with Crippen molar-refractivity contribution in [3.05, 3.63) is 48.3 Å². The van der Waals surface area contributed by atoms with Crippen molar-refractivity contribution < 1.29 is 14.0 Å². The molecule has 1 fully saturated rings. The van der Waals surface area contributed by atoms with Gasteiger partial charge in [0.1, 0.15) is 5.82 Å². The number of hydrogen-bond donors (Lipinski definition) is 2. The van der Waals surface area contributed by atoms with Crippen molar-refractivity contribution in [3.8, 4) is 0 Å². The molecule has 0 heterocycles. The summed E-state index contributed by atoms with van der Waals surface area (Å²) in [6.07, 6.45) is 4.45. The molecule has 1 saturated carbocycles. The third-order valence-electron chi connectivity index (χ3n) is 4.30. The molecule has 0 radical (unpaired) electrons. The summed E-state index contributed by atoms with van der Waals surface area (Å²) in [5.41, 5.74) is 0.485. The second-order valence-corrected chi connectivity index (χ2v) is 5.89. The standard InChI is InChI=1S/C18H23FN2O2/c1-2-11-20-17(22)13-7-9-14(10-8-13)18(23)21-12-15-5-3-4-6-16(15)19/h2-6,13-14H,1,7-12H2,(H,20,22)(H,21,23). The van der Waals surface area contributed by atoms with Crippen LogP contribution in [0, 0.1) is 17.7 Å². The summed E-state index contributed by atoms with van der Waals surface area (Å²) >= 11 is 0. The van der Waals surface area contributed by atoms with Gasteiger partial charge >= 0.3 is 0 Å². The quantitative estimate of drug-likeness (QED) is 0.792. The van der Waals surface area contributed by atoms with E-state index in [1.165, 1.54) is 6.07 Å². The lowest BCUT2D eigenvalue weighted by Gasteiger charge is -2.27. The van der Waals surface area contributed by atoms with Gasteiger partial charge in [0.2, 0.25) is 11.8 Å². The normalized spacial score (nSPS) is 20.6. The first kappa shape index (κ1) is 17.2. The van der Waals surface area contributed by atoms with E-state index in [0.717, 1.165) is 0 Å². The van der Waals surface area contributed by atoms with Crippen LogP contribution in [0.15, 0.2) is 36.9 Å². The minimum Gasteiger partial charge on any atom is -0.352 e. The van der Waals surface area contributed by atoms with Crippen molar-refractivity contribution >= 4 is 11.8 Å². The Balaban J connectivity index is 1.76. The van der Waals surface area contributed by atoms with Crippen LogP contribution < -0.4 is 10.6 Å². The van der Waals surface area contributed by atoms with E-state index >= 15 is 0 Å². The number of benzene rings is 1. The summed E-state index contributed by atoms with van der Waals surface area (Å²) in [6, 6.07) is 6.42. The Kier molecular flexibility index (Phi) is 6.32. The van der Waals surface area contributed by atoms with E-state index in [2.05, 4.69) is 17.2 Å². The molecule has 2 rings (SSSR count). The van der Waals surface area contributed by atoms with Gasteiger partial charge in [0.05, 0.1) is 0 Å². The van der Waals surface area contributed by atoms with Gasteiger partial charge in [-0.25, -0.2) is 4.39 Å². The summed E-state index contributed by atoms with van der Waals surface area (Å²) in [7, 11) is 0. The molecule has 0 aliphatic heterocycles. The van der Waals surface area contributed by atoms with Crippen LogP contribution in [0.5, 0.6) is 0 Å². The molecule has 2 amide bonds. The van der Waals surface area contributed by atoms with Crippen molar-refractivity contribution in [1.82, 2.24) is 10.6 Å². The maximum absolute atomic E-state index is 13.5. The van der Waals surface area contributed by atoms with Gasteiger partial charge in [0.25, 0.3) is 0 Å². The summed E-state index contributed by atoms with van der Waals surface area (Å²) in [5, 5.41) is 5.59. The molecule has 2 N–H and O–H groups in total. The van der Waals surface area contributed by atoms with E-state index in [1.807, 2.05) is 0 Å². The number of carbonyl (C=O) groups excluding carboxylic acids is 2. The maximum Gasteiger partial charge on any atom is 0.223 e. The van der Waals surface area contributed by atoms with Crippen molar-refractivity contribution in [1.29, 1.82) is 0 Å². The SMILES string of the molecule is C=CCNC(=O)C1CCC(C(=O)NCc2ccccc2F)CC1. The lowest BCUT2D eigenvalue weighted by molar-refractivity contribution is -0.130. The molecule has 1 aliphatic rings. The van der Waals surface area contributed by atoms with Crippen LogP contribution in [-0.2, 0) is 16.1 Å². The molecule has 5 heteroatoms. The minimum absolute atomic E-state index is 0.0226. The first-order valence-electron chi connectivity index (χ1n) is 8.01. The smallest absolute Gasteiger partial charge is 0.223 e. The minimum atomic E-state index is -0.310. The van der Waals surface area contributed by atoms with Crippen molar-refractivity contribution in [2.75, 3.05) is 6.54 Å². The van der Waals surface area contributed by atoms with Gasteiger partial charge in [-0.1, -0.05) is 24.3 Å². The first-order valence-corrected chi connectivity index (χ1v) is 8.01. The summed E-state index contributed by atoms with van der Waals surface area (Å²) in [5.74, 6) is -0.445. The predicted molar refractivity (Wildman–Crippen MR) is 86.9 cm³/mol. The van der Waals surface area contributed by atoms with Gasteiger partial charge in [0, 0.05) is 30.5 Å². The number of nitrogens with one attached hydrogen (secondary N) is 2. The lowest BCUT2D eigenvalue weighted by Crippen LogP contribution is -2.37. The Morgan fingerprint density at radius 1 is 1.09 bits per heavy atom. The van der Waals surface area contributed by atoms with Crippen LogP contribution in [0.4, 0.5) is 4.39 Å². The number of rotatable bonds is 6. The molecule has 0 unspecified atom stereocenters. The molecule has 1 aromatic carbocycles. The monoisotopic (exact) mass is 318 g/mol. The van der Waals surface area contributed by atoms with Gasteiger partial charge < -0.3 is 10.6 Å². The Labute approximate surface area is 136 Å². The largest absolute Gasteiger partial charge is 0.352 e. The zero-order chi connectivity index (χ0) is 16.7. The van der Waals surface area contributed by atoms with E-state index in [4.69, 9.17) is 0 Å². The zero-order valence-electron chi connectivity index (χ0n) is 13.2. The topological polar surface area (TPSA) is 58.2 Å². The van der Waals surface area contributed by atoms with Crippen LogP contribution in [0.3, 0.4) is 0 Å². The van der Waals surface area contributed by atoms with E-state index in [9.17, 15) is 14.0 Å². The number of hydrogen-bond acceptors (Lipinski definition) is 2. The van der Waals surface area contributed by atoms with Crippen LogP contribution >= 0.6 is 0 Å². The Morgan fingerprint density at radius 2 is 1.65 bits per heavy atom. The molecular weight excluding hydrogens is 295 g/mol. The fourth-order valence-corrected chi connectivity index (χ4v) is 2.90. The van der Waals surface area contributed by atoms with Gasteiger partial charge in [-0.2, -0.15) is 0 Å². The third kappa shape index (κ3) is 4.91. The first-order chi connectivity index (χ1) is 11.1. The van der Waals surface area contributed by atoms with Crippen LogP contribution in [0.1, 0.15) is 31.2 Å². The highest BCUT2D eigenvalue weighted by Crippen LogP contribution is 2.29. The number of halogens is 1. The Morgan fingerprint density at radius 3 is 2.22 bits per heavy atom. The van der Waals surface area contributed by atoms with Crippen molar-refractivity contribution in [3.63, 3.8) is 0 Å². The molecule has 0 aromatic heterocycles. The van der Waals surface area contributed by atoms with Gasteiger partial charge in [-0.3, -0.25) is 9.59 Å². The van der Waals surface area contributed by atoms with Crippen LogP contribution in [0.2, 0.25) is 0 Å². The van der Waals surface area contributed by atoms with E-state index in [-0.39, 0.29) is 36.0 Å².